The highest BCUT2D eigenvalue weighted by Crippen LogP contribution is 2.11. The molecule has 2 heteroatoms. The fourth-order valence-corrected chi connectivity index (χ4v) is 2.18. The molecule has 0 fully saturated rings. The van der Waals surface area contributed by atoms with Crippen molar-refractivity contribution in [2.75, 3.05) is 6.54 Å². The van der Waals surface area contributed by atoms with E-state index in [1.54, 1.807) is 0 Å². The third-order valence-electron chi connectivity index (χ3n) is 3.33. The third kappa shape index (κ3) is 13.5. The molecule has 1 N–H and O–H groups in total. The fraction of sp³-hybridized carbons (Fsp3) is 0.875. The zero-order valence-electron chi connectivity index (χ0n) is 12.3. The van der Waals surface area contributed by atoms with Crippen LogP contribution in [0.5, 0.6) is 0 Å². The van der Waals surface area contributed by atoms with E-state index in [0.717, 1.165) is 6.42 Å². The molecule has 0 aromatic rings. The summed E-state index contributed by atoms with van der Waals surface area (Å²) in [5.41, 5.74) is 0. The van der Waals surface area contributed by atoms with E-state index in [4.69, 9.17) is 0 Å². The van der Waals surface area contributed by atoms with Crippen LogP contribution in [0.1, 0.15) is 84.0 Å². The number of amides is 1. The van der Waals surface area contributed by atoms with Crippen molar-refractivity contribution in [3.8, 4) is 0 Å². The second-order valence-electron chi connectivity index (χ2n) is 5.14. The summed E-state index contributed by atoms with van der Waals surface area (Å²) in [6.45, 7) is 6.37. The molecule has 1 amide bonds. The van der Waals surface area contributed by atoms with Gasteiger partial charge < -0.3 is 5.32 Å². The first-order valence-corrected chi connectivity index (χ1v) is 7.87. The van der Waals surface area contributed by atoms with Crippen LogP contribution >= 0.6 is 0 Å². The normalized spacial score (nSPS) is 10.6. The second kappa shape index (κ2) is 14.5. The van der Waals surface area contributed by atoms with Gasteiger partial charge in [-0.2, -0.15) is 0 Å². The van der Waals surface area contributed by atoms with Crippen LogP contribution in [0.25, 0.3) is 0 Å². The van der Waals surface area contributed by atoms with Crippen LogP contribution in [0.2, 0.25) is 0 Å². The van der Waals surface area contributed by atoms with E-state index in [-0.39, 0.29) is 5.91 Å². The molecular weight excluding hydrogens is 222 g/mol. The summed E-state index contributed by atoms with van der Waals surface area (Å²) in [6, 6.07) is 0. The van der Waals surface area contributed by atoms with E-state index in [9.17, 15) is 4.79 Å². The Hall–Kier alpha value is -0.530. The number of hydrogen-bond donors (Lipinski definition) is 1. The van der Waals surface area contributed by atoms with Gasteiger partial charge in [0.2, 0.25) is 5.91 Å². The highest BCUT2D eigenvalue weighted by Gasteiger charge is 1.98. The minimum Gasteiger partial charge on any atom is -0.356 e. The Labute approximate surface area is 114 Å². The van der Waals surface area contributed by atoms with Crippen molar-refractivity contribution >= 4 is 5.91 Å². The van der Waals surface area contributed by atoms with Crippen LogP contribution in [-0.2, 0) is 4.79 Å². The summed E-state index contributed by atoms with van der Waals surface area (Å²) in [7, 11) is 0. The zero-order valence-corrected chi connectivity index (χ0v) is 12.3. The lowest BCUT2D eigenvalue weighted by atomic mass is 10.1. The van der Waals surface area contributed by atoms with Crippen LogP contribution in [0, 0.1) is 6.92 Å². The molecule has 1 radical (unpaired) electrons. The summed E-state index contributed by atoms with van der Waals surface area (Å²) in [4.78, 5) is 11.2. The van der Waals surface area contributed by atoms with E-state index >= 15 is 0 Å². The van der Waals surface area contributed by atoms with Crippen molar-refractivity contribution in [2.45, 2.75) is 84.0 Å². The van der Waals surface area contributed by atoms with Gasteiger partial charge in [-0.25, -0.2) is 0 Å². The van der Waals surface area contributed by atoms with Crippen molar-refractivity contribution in [1.82, 2.24) is 5.32 Å². The molecule has 2 nitrogen and oxygen atoms in total. The molecule has 0 bridgehead atoms. The Morgan fingerprint density at radius 2 is 1.28 bits per heavy atom. The van der Waals surface area contributed by atoms with E-state index in [0.29, 0.717) is 13.0 Å². The molecule has 0 aliphatic rings. The van der Waals surface area contributed by atoms with Crippen molar-refractivity contribution < 1.29 is 4.79 Å². The van der Waals surface area contributed by atoms with Gasteiger partial charge in [-0.1, -0.05) is 71.1 Å². The molecule has 0 heterocycles. The minimum atomic E-state index is 0.154. The number of carbonyl (C=O) groups excluding carboxylic acids is 1. The predicted molar refractivity (Wildman–Crippen MR) is 79.4 cm³/mol. The van der Waals surface area contributed by atoms with Crippen LogP contribution in [0.4, 0.5) is 0 Å². The molecule has 0 saturated carbocycles. The summed E-state index contributed by atoms with van der Waals surface area (Å²) in [6.07, 6.45) is 15.3. The molecule has 0 aliphatic carbocycles. The Morgan fingerprint density at radius 3 is 1.72 bits per heavy atom. The summed E-state index contributed by atoms with van der Waals surface area (Å²) in [5, 5.41) is 2.73. The molecule has 18 heavy (non-hydrogen) atoms. The Morgan fingerprint density at radius 1 is 0.833 bits per heavy atom. The highest BCUT2D eigenvalue weighted by molar-refractivity contribution is 5.75. The van der Waals surface area contributed by atoms with Crippen LogP contribution in [-0.4, -0.2) is 12.5 Å². The lowest BCUT2D eigenvalue weighted by molar-refractivity contribution is -0.121. The SMILES string of the molecule is [CH2]CNC(=O)CCCCCCCCCCCCC. The fourth-order valence-electron chi connectivity index (χ4n) is 2.18. The number of rotatable bonds is 13. The van der Waals surface area contributed by atoms with Crippen molar-refractivity contribution in [2.24, 2.45) is 0 Å². The Balaban J connectivity index is 3.01. The second-order valence-corrected chi connectivity index (χ2v) is 5.14. The maximum Gasteiger partial charge on any atom is 0.219 e. The largest absolute Gasteiger partial charge is 0.356 e. The summed E-state index contributed by atoms with van der Waals surface area (Å²) < 4.78 is 0. The number of hydrogen-bond acceptors (Lipinski definition) is 1. The molecule has 0 saturated heterocycles. The molecule has 0 aromatic carbocycles. The third-order valence-corrected chi connectivity index (χ3v) is 3.33. The quantitative estimate of drug-likeness (QED) is 0.477. The Kier molecular flexibility index (Phi) is 14.1. The van der Waals surface area contributed by atoms with Gasteiger partial charge >= 0.3 is 0 Å². The summed E-state index contributed by atoms with van der Waals surface area (Å²) >= 11 is 0. The van der Waals surface area contributed by atoms with E-state index < -0.39 is 0 Å². The van der Waals surface area contributed by atoms with Gasteiger partial charge in [0.05, 0.1) is 0 Å². The molecule has 107 valence electrons. The van der Waals surface area contributed by atoms with Gasteiger partial charge in [0.15, 0.2) is 0 Å². The first-order chi connectivity index (χ1) is 8.81. The average Bonchev–Trinajstić information content (AvgIpc) is 2.36. The van der Waals surface area contributed by atoms with Gasteiger partial charge in [0.1, 0.15) is 0 Å². The van der Waals surface area contributed by atoms with Crippen molar-refractivity contribution in [1.29, 1.82) is 0 Å². The maximum atomic E-state index is 11.2. The van der Waals surface area contributed by atoms with Crippen molar-refractivity contribution in [3.05, 3.63) is 6.92 Å². The molecular formula is C16H32NO. The smallest absolute Gasteiger partial charge is 0.219 e. The van der Waals surface area contributed by atoms with Gasteiger partial charge in [0, 0.05) is 13.0 Å². The molecule has 0 spiro atoms. The molecule has 0 aromatic heterocycles. The average molecular weight is 254 g/mol. The van der Waals surface area contributed by atoms with Gasteiger partial charge in [-0.05, 0) is 13.3 Å². The molecule has 0 rings (SSSR count). The van der Waals surface area contributed by atoms with E-state index in [2.05, 4.69) is 19.2 Å². The Bertz CT molecular complexity index is 180. The van der Waals surface area contributed by atoms with Gasteiger partial charge in [-0.3, -0.25) is 4.79 Å². The number of nitrogens with one attached hydrogen (secondary N) is 1. The highest BCUT2D eigenvalue weighted by atomic mass is 16.1. The zero-order chi connectivity index (χ0) is 13.5. The first-order valence-electron chi connectivity index (χ1n) is 7.87. The molecule has 0 aliphatic heterocycles. The first kappa shape index (κ1) is 17.5. The topological polar surface area (TPSA) is 29.1 Å². The van der Waals surface area contributed by atoms with E-state index in [1.165, 1.54) is 64.2 Å². The standard InChI is InChI=1S/C16H32NO/c1-3-5-6-7-8-9-10-11-12-13-14-15-16(18)17-4-2/h2-15H2,1H3,(H,17,18). The van der Waals surface area contributed by atoms with Gasteiger partial charge in [0.25, 0.3) is 0 Å². The van der Waals surface area contributed by atoms with E-state index in [1.807, 2.05) is 0 Å². The van der Waals surface area contributed by atoms with Crippen LogP contribution in [0.15, 0.2) is 0 Å². The maximum absolute atomic E-state index is 11.2. The van der Waals surface area contributed by atoms with Crippen LogP contribution in [0.3, 0.4) is 0 Å². The van der Waals surface area contributed by atoms with Crippen molar-refractivity contribution in [3.63, 3.8) is 0 Å². The van der Waals surface area contributed by atoms with Gasteiger partial charge in [-0.15, -0.1) is 0 Å². The monoisotopic (exact) mass is 254 g/mol. The number of unbranched alkanes of at least 4 members (excludes halogenated alkanes) is 10. The summed E-state index contributed by atoms with van der Waals surface area (Å²) in [5.74, 6) is 0.154. The lowest BCUT2D eigenvalue weighted by Crippen LogP contribution is -2.22. The molecule has 0 atom stereocenters. The van der Waals surface area contributed by atoms with Crippen LogP contribution < -0.4 is 5.32 Å². The molecule has 0 unspecified atom stereocenters. The minimum absolute atomic E-state index is 0.154. The number of carbonyl (C=O) groups is 1. The lowest BCUT2D eigenvalue weighted by Gasteiger charge is -2.03. The predicted octanol–water partition coefficient (Wildman–Crippen LogP) is 4.64.